The molecule has 0 fully saturated rings. The molecule has 21 heavy (non-hydrogen) atoms. The molecule has 0 atom stereocenters. The monoisotopic (exact) mass is 281 g/mol. The number of oxazole rings is 1. The average Bonchev–Trinajstić information content (AvgIpc) is 3.00. The van der Waals surface area contributed by atoms with E-state index in [4.69, 9.17) is 9.15 Å². The lowest BCUT2D eigenvalue weighted by molar-refractivity contribution is 0.0475. The number of hydrogen-bond donors (Lipinski definition) is 0. The Labute approximate surface area is 120 Å². The first kappa shape index (κ1) is 13.1. The highest BCUT2D eigenvalue weighted by Gasteiger charge is 2.13. The molecule has 0 radical (unpaired) electrons. The van der Waals surface area contributed by atoms with E-state index in [0.717, 1.165) is 0 Å². The highest BCUT2D eigenvalue weighted by molar-refractivity contribution is 5.99. The molecule has 0 aliphatic heterocycles. The van der Waals surface area contributed by atoms with Gasteiger partial charge in [0.1, 0.15) is 5.52 Å². The smallest absolute Gasteiger partial charge is 0.338 e. The van der Waals surface area contributed by atoms with Gasteiger partial charge in [0, 0.05) is 5.56 Å². The van der Waals surface area contributed by atoms with Crippen LogP contribution in [0.5, 0.6) is 0 Å². The van der Waals surface area contributed by atoms with Gasteiger partial charge in [-0.15, -0.1) is 0 Å². The first-order valence-corrected chi connectivity index (χ1v) is 6.32. The molecule has 0 saturated heterocycles. The van der Waals surface area contributed by atoms with Gasteiger partial charge in [0.2, 0.25) is 0 Å². The summed E-state index contributed by atoms with van der Waals surface area (Å²) in [4.78, 5) is 27.7. The van der Waals surface area contributed by atoms with E-state index in [0.29, 0.717) is 22.2 Å². The molecule has 2 aromatic carbocycles. The van der Waals surface area contributed by atoms with Crippen molar-refractivity contribution in [3.05, 3.63) is 66.1 Å². The van der Waals surface area contributed by atoms with Crippen LogP contribution in [0.25, 0.3) is 11.1 Å². The topological polar surface area (TPSA) is 69.4 Å². The van der Waals surface area contributed by atoms with Crippen molar-refractivity contribution in [1.29, 1.82) is 0 Å². The minimum absolute atomic E-state index is 0.246. The van der Waals surface area contributed by atoms with E-state index in [2.05, 4.69) is 4.98 Å². The summed E-state index contributed by atoms with van der Waals surface area (Å²) < 4.78 is 10.1. The molecule has 0 aliphatic rings. The Morgan fingerprint density at radius 3 is 2.67 bits per heavy atom. The Bertz CT molecular complexity index is 792. The quantitative estimate of drug-likeness (QED) is 0.543. The summed E-state index contributed by atoms with van der Waals surface area (Å²) in [6, 6.07) is 13.5. The Balaban J connectivity index is 1.67. The zero-order chi connectivity index (χ0) is 14.7. The van der Waals surface area contributed by atoms with E-state index in [1.807, 2.05) is 6.07 Å². The molecule has 0 amide bonds. The summed E-state index contributed by atoms with van der Waals surface area (Å²) >= 11 is 0. The Morgan fingerprint density at radius 2 is 1.86 bits per heavy atom. The fraction of sp³-hybridized carbons (Fsp3) is 0.0625. The summed E-state index contributed by atoms with van der Waals surface area (Å²) in [5, 5.41) is 0. The molecule has 0 saturated carbocycles. The van der Waals surface area contributed by atoms with E-state index >= 15 is 0 Å². The van der Waals surface area contributed by atoms with Gasteiger partial charge in [-0.3, -0.25) is 4.79 Å². The molecule has 1 aromatic heterocycles. The molecular formula is C16H11NO4. The number of Topliss-reactive ketones (excluding diaryl/α,β-unsaturated/α-hetero) is 1. The fourth-order valence-corrected chi connectivity index (χ4v) is 1.90. The van der Waals surface area contributed by atoms with Gasteiger partial charge in [-0.2, -0.15) is 0 Å². The highest BCUT2D eigenvalue weighted by atomic mass is 16.5. The number of hydrogen-bond acceptors (Lipinski definition) is 5. The number of benzene rings is 2. The maximum Gasteiger partial charge on any atom is 0.338 e. The third kappa shape index (κ3) is 2.81. The van der Waals surface area contributed by atoms with Crippen LogP contribution >= 0.6 is 0 Å². The number of ketones is 1. The molecular weight excluding hydrogens is 270 g/mol. The predicted molar refractivity (Wildman–Crippen MR) is 75.1 cm³/mol. The first-order chi connectivity index (χ1) is 10.2. The van der Waals surface area contributed by atoms with Crippen LogP contribution in [0.3, 0.4) is 0 Å². The summed E-state index contributed by atoms with van der Waals surface area (Å²) in [5.74, 6) is -0.817. The van der Waals surface area contributed by atoms with Gasteiger partial charge in [0.05, 0.1) is 5.56 Å². The van der Waals surface area contributed by atoms with Crippen molar-refractivity contribution in [1.82, 2.24) is 4.98 Å². The normalized spacial score (nSPS) is 10.5. The van der Waals surface area contributed by atoms with Crippen molar-refractivity contribution >= 4 is 22.9 Å². The first-order valence-electron chi connectivity index (χ1n) is 6.32. The SMILES string of the molecule is O=C(COC(=O)c1ccc2ncoc2c1)c1ccccc1. The summed E-state index contributed by atoms with van der Waals surface area (Å²) in [5.41, 5.74) is 1.99. The van der Waals surface area contributed by atoms with Gasteiger partial charge < -0.3 is 9.15 Å². The van der Waals surface area contributed by atoms with E-state index in [9.17, 15) is 9.59 Å². The standard InChI is InChI=1S/C16H11NO4/c18-14(11-4-2-1-3-5-11)9-20-16(19)12-6-7-13-15(8-12)21-10-17-13/h1-8,10H,9H2. The van der Waals surface area contributed by atoms with Gasteiger partial charge in [-0.25, -0.2) is 9.78 Å². The van der Waals surface area contributed by atoms with Crippen molar-refractivity contribution in [2.75, 3.05) is 6.61 Å². The van der Waals surface area contributed by atoms with Crippen LogP contribution in [0.4, 0.5) is 0 Å². The summed E-state index contributed by atoms with van der Waals surface area (Å²) in [6.07, 6.45) is 1.30. The molecule has 104 valence electrons. The molecule has 5 heteroatoms. The maximum absolute atomic E-state index is 11.9. The second-order valence-electron chi connectivity index (χ2n) is 4.40. The number of carbonyl (C=O) groups is 2. The Kier molecular flexibility index (Phi) is 3.47. The van der Waals surface area contributed by atoms with Crippen molar-refractivity contribution in [2.45, 2.75) is 0 Å². The average molecular weight is 281 g/mol. The van der Waals surface area contributed by atoms with Crippen LogP contribution in [-0.2, 0) is 4.74 Å². The van der Waals surface area contributed by atoms with Crippen molar-refractivity contribution in [2.24, 2.45) is 0 Å². The van der Waals surface area contributed by atoms with Crippen LogP contribution in [0.2, 0.25) is 0 Å². The van der Waals surface area contributed by atoms with E-state index in [1.165, 1.54) is 12.5 Å². The third-order valence-corrected chi connectivity index (χ3v) is 3.00. The zero-order valence-electron chi connectivity index (χ0n) is 11.0. The number of fused-ring (bicyclic) bond motifs is 1. The van der Waals surface area contributed by atoms with Crippen LogP contribution in [-0.4, -0.2) is 23.3 Å². The van der Waals surface area contributed by atoms with Crippen LogP contribution in [0.15, 0.2) is 59.3 Å². The molecule has 3 rings (SSSR count). The van der Waals surface area contributed by atoms with Crippen LogP contribution in [0.1, 0.15) is 20.7 Å². The van der Waals surface area contributed by atoms with E-state index in [-0.39, 0.29) is 12.4 Å². The van der Waals surface area contributed by atoms with Gasteiger partial charge in [0.25, 0.3) is 0 Å². The van der Waals surface area contributed by atoms with Gasteiger partial charge in [-0.05, 0) is 18.2 Å². The molecule has 0 aliphatic carbocycles. The van der Waals surface area contributed by atoms with Crippen molar-refractivity contribution in [3.63, 3.8) is 0 Å². The molecule has 1 heterocycles. The number of esters is 1. The largest absolute Gasteiger partial charge is 0.454 e. The van der Waals surface area contributed by atoms with Crippen molar-refractivity contribution in [3.8, 4) is 0 Å². The number of aromatic nitrogens is 1. The predicted octanol–water partition coefficient (Wildman–Crippen LogP) is 2.87. The maximum atomic E-state index is 11.9. The molecule has 0 bridgehead atoms. The second-order valence-corrected chi connectivity index (χ2v) is 4.40. The number of nitrogens with zero attached hydrogens (tertiary/aromatic N) is 1. The molecule has 5 nitrogen and oxygen atoms in total. The summed E-state index contributed by atoms with van der Waals surface area (Å²) in [7, 11) is 0. The van der Waals surface area contributed by atoms with Gasteiger partial charge in [0.15, 0.2) is 24.4 Å². The van der Waals surface area contributed by atoms with Crippen molar-refractivity contribution < 1.29 is 18.7 Å². The Morgan fingerprint density at radius 1 is 1.05 bits per heavy atom. The van der Waals surface area contributed by atoms with Crippen LogP contribution in [0, 0.1) is 0 Å². The van der Waals surface area contributed by atoms with Gasteiger partial charge >= 0.3 is 5.97 Å². The lowest BCUT2D eigenvalue weighted by Crippen LogP contribution is -2.14. The minimum Gasteiger partial charge on any atom is -0.454 e. The molecule has 0 spiro atoms. The minimum atomic E-state index is -0.572. The molecule has 3 aromatic rings. The zero-order valence-corrected chi connectivity index (χ0v) is 11.0. The Hall–Kier alpha value is -2.95. The fourth-order valence-electron chi connectivity index (χ4n) is 1.90. The lowest BCUT2D eigenvalue weighted by atomic mass is 10.1. The van der Waals surface area contributed by atoms with Crippen LogP contribution < -0.4 is 0 Å². The number of carbonyl (C=O) groups excluding carboxylic acids is 2. The number of rotatable bonds is 4. The highest BCUT2D eigenvalue weighted by Crippen LogP contribution is 2.15. The van der Waals surface area contributed by atoms with E-state index in [1.54, 1.807) is 36.4 Å². The second kappa shape index (κ2) is 5.58. The lowest BCUT2D eigenvalue weighted by Gasteiger charge is -2.04. The molecule has 0 unspecified atom stereocenters. The number of ether oxygens (including phenoxy) is 1. The summed E-state index contributed by atoms with van der Waals surface area (Å²) in [6.45, 7) is -0.294. The molecule has 0 N–H and O–H groups in total. The van der Waals surface area contributed by atoms with Gasteiger partial charge in [-0.1, -0.05) is 30.3 Å². The van der Waals surface area contributed by atoms with E-state index < -0.39 is 5.97 Å². The third-order valence-electron chi connectivity index (χ3n) is 3.00.